The minimum absolute atomic E-state index is 0. The fourth-order valence-electron chi connectivity index (χ4n) is 4.39. The van der Waals surface area contributed by atoms with Gasteiger partial charge < -0.3 is 5.32 Å². The molecule has 0 saturated carbocycles. The highest BCUT2D eigenvalue weighted by atomic mass is 35.5. The number of nitrogens with zero attached hydrogens (tertiary/aromatic N) is 1. The van der Waals surface area contributed by atoms with Crippen LogP contribution in [-0.4, -0.2) is 31.1 Å². The minimum atomic E-state index is 0. The topological polar surface area (TPSA) is 15.3 Å². The van der Waals surface area contributed by atoms with Gasteiger partial charge in [0.2, 0.25) is 0 Å². The maximum Gasteiger partial charge on any atom is 0.0327 e. The van der Waals surface area contributed by atoms with Crippen LogP contribution in [0.1, 0.15) is 18.5 Å². The first-order chi connectivity index (χ1) is 11.8. The number of benzene rings is 4. The number of piperazine rings is 1. The van der Waals surface area contributed by atoms with Crippen LogP contribution in [-0.2, 0) is 0 Å². The van der Waals surface area contributed by atoms with Gasteiger partial charge in [0.15, 0.2) is 0 Å². The molecule has 0 aromatic heterocycles. The van der Waals surface area contributed by atoms with Crippen molar-refractivity contribution < 1.29 is 0 Å². The summed E-state index contributed by atoms with van der Waals surface area (Å²) in [5, 5.41) is 11.8. The maximum absolute atomic E-state index is 3.46. The standard InChI is InChI=1S/C22H22N2.2ClH/c1-15(24-13-11-23-12-14-24)19-9-7-18-6-5-16-3-2-4-17-8-10-20(19)22(18)21(16)17;;/h2-10,15,23H,11-14H2,1H3;2*1H/t15-;;/m1../s1. The maximum atomic E-state index is 3.46. The molecule has 1 heterocycles. The van der Waals surface area contributed by atoms with Crippen molar-refractivity contribution in [3.63, 3.8) is 0 Å². The smallest absolute Gasteiger partial charge is 0.0327 e. The van der Waals surface area contributed by atoms with Gasteiger partial charge in [-0.05, 0) is 44.8 Å². The fraction of sp³-hybridized carbons (Fsp3) is 0.273. The Bertz CT molecular complexity index is 1010. The highest BCUT2D eigenvalue weighted by Gasteiger charge is 2.20. The molecule has 4 aromatic rings. The quantitative estimate of drug-likeness (QED) is 0.464. The van der Waals surface area contributed by atoms with Crippen LogP contribution >= 0.6 is 24.8 Å². The highest BCUT2D eigenvalue weighted by molar-refractivity contribution is 6.23. The molecule has 1 fully saturated rings. The van der Waals surface area contributed by atoms with E-state index in [4.69, 9.17) is 0 Å². The molecule has 1 N–H and O–H groups in total. The Hall–Kier alpha value is -1.58. The van der Waals surface area contributed by atoms with Gasteiger partial charge in [0, 0.05) is 32.2 Å². The molecule has 5 rings (SSSR count). The Morgan fingerprint density at radius 3 is 2.04 bits per heavy atom. The first kappa shape index (κ1) is 19.2. The minimum Gasteiger partial charge on any atom is -0.314 e. The van der Waals surface area contributed by atoms with Crippen LogP contribution in [0.2, 0.25) is 0 Å². The van der Waals surface area contributed by atoms with Crippen molar-refractivity contribution in [3.05, 3.63) is 60.2 Å². The van der Waals surface area contributed by atoms with E-state index < -0.39 is 0 Å². The lowest BCUT2D eigenvalue weighted by atomic mass is 9.90. The van der Waals surface area contributed by atoms with Crippen LogP contribution in [0.3, 0.4) is 0 Å². The first-order valence-electron chi connectivity index (χ1n) is 8.94. The van der Waals surface area contributed by atoms with Crippen LogP contribution in [0.5, 0.6) is 0 Å². The molecule has 1 saturated heterocycles. The van der Waals surface area contributed by atoms with Crippen molar-refractivity contribution >= 4 is 57.1 Å². The molecule has 0 aliphatic carbocycles. The van der Waals surface area contributed by atoms with Gasteiger partial charge in [-0.25, -0.2) is 0 Å². The average Bonchev–Trinajstić information content (AvgIpc) is 2.66. The molecule has 0 radical (unpaired) electrons. The summed E-state index contributed by atoms with van der Waals surface area (Å²) in [6.07, 6.45) is 0. The van der Waals surface area contributed by atoms with Crippen molar-refractivity contribution in [2.24, 2.45) is 0 Å². The van der Waals surface area contributed by atoms with E-state index in [9.17, 15) is 0 Å². The normalized spacial score (nSPS) is 16.5. The average molecular weight is 387 g/mol. The summed E-state index contributed by atoms with van der Waals surface area (Å²) in [4.78, 5) is 2.60. The van der Waals surface area contributed by atoms with Gasteiger partial charge in [0.1, 0.15) is 0 Å². The first-order valence-corrected chi connectivity index (χ1v) is 8.94. The Morgan fingerprint density at radius 2 is 1.35 bits per heavy atom. The van der Waals surface area contributed by atoms with Crippen LogP contribution in [0.15, 0.2) is 54.6 Å². The molecule has 1 aliphatic heterocycles. The number of halogens is 2. The third-order valence-electron chi connectivity index (χ3n) is 5.71. The third kappa shape index (κ3) is 2.91. The van der Waals surface area contributed by atoms with Gasteiger partial charge in [-0.1, -0.05) is 54.6 Å². The lowest BCUT2D eigenvalue weighted by Gasteiger charge is -2.33. The second kappa shape index (κ2) is 7.58. The summed E-state index contributed by atoms with van der Waals surface area (Å²) in [5.41, 5.74) is 1.46. The molecule has 0 unspecified atom stereocenters. The Labute approximate surface area is 166 Å². The monoisotopic (exact) mass is 386 g/mol. The predicted molar refractivity (Wildman–Crippen MR) is 117 cm³/mol. The van der Waals surface area contributed by atoms with E-state index in [1.54, 1.807) is 0 Å². The summed E-state index contributed by atoms with van der Waals surface area (Å²) in [5.74, 6) is 0. The Balaban J connectivity index is 0.000000980. The lowest BCUT2D eigenvalue weighted by molar-refractivity contribution is 0.186. The van der Waals surface area contributed by atoms with E-state index >= 15 is 0 Å². The second-order valence-corrected chi connectivity index (χ2v) is 6.97. The summed E-state index contributed by atoms with van der Waals surface area (Å²) >= 11 is 0. The fourth-order valence-corrected chi connectivity index (χ4v) is 4.39. The summed E-state index contributed by atoms with van der Waals surface area (Å²) in [7, 11) is 0. The van der Waals surface area contributed by atoms with E-state index in [0.29, 0.717) is 6.04 Å². The van der Waals surface area contributed by atoms with Gasteiger partial charge >= 0.3 is 0 Å². The van der Waals surface area contributed by atoms with Crippen LogP contribution in [0.25, 0.3) is 32.3 Å². The number of nitrogens with one attached hydrogen (secondary N) is 1. The zero-order valence-electron chi connectivity index (χ0n) is 14.9. The molecule has 1 atom stereocenters. The lowest BCUT2D eigenvalue weighted by Crippen LogP contribution is -2.44. The van der Waals surface area contributed by atoms with Crippen molar-refractivity contribution in [1.82, 2.24) is 10.2 Å². The van der Waals surface area contributed by atoms with Crippen LogP contribution < -0.4 is 5.32 Å². The number of hydrogen-bond donors (Lipinski definition) is 1. The summed E-state index contributed by atoms with van der Waals surface area (Å²) < 4.78 is 0. The van der Waals surface area contributed by atoms with Gasteiger partial charge in [-0.2, -0.15) is 0 Å². The molecule has 136 valence electrons. The Morgan fingerprint density at radius 1 is 0.769 bits per heavy atom. The molecule has 0 amide bonds. The Kier molecular flexibility index (Phi) is 5.59. The second-order valence-electron chi connectivity index (χ2n) is 6.97. The highest BCUT2D eigenvalue weighted by Crippen LogP contribution is 2.38. The van der Waals surface area contributed by atoms with Gasteiger partial charge in [0.25, 0.3) is 0 Å². The van der Waals surface area contributed by atoms with E-state index in [1.807, 2.05) is 0 Å². The molecule has 2 nitrogen and oxygen atoms in total. The molecule has 4 aromatic carbocycles. The molecule has 26 heavy (non-hydrogen) atoms. The largest absolute Gasteiger partial charge is 0.314 e. The number of rotatable bonds is 2. The van der Waals surface area contributed by atoms with Gasteiger partial charge in [-0.3, -0.25) is 4.90 Å². The van der Waals surface area contributed by atoms with Crippen molar-refractivity contribution in [2.45, 2.75) is 13.0 Å². The van der Waals surface area contributed by atoms with E-state index in [0.717, 1.165) is 26.2 Å². The summed E-state index contributed by atoms with van der Waals surface area (Å²) in [6.45, 7) is 6.80. The molecule has 1 aliphatic rings. The molecule has 4 heteroatoms. The van der Waals surface area contributed by atoms with E-state index in [2.05, 4.69) is 71.7 Å². The van der Waals surface area contributed by atoms with Crippen molar-refractivity contribution in [3.8, 4) is 0 Å². The third-order valence-corrected chi connectivity index (χ3v) is 5.71. The zero-order valence-corrected chi connectivity index (χ0v) is 16.5. The molecule has 0 spiro atoms. The van der Waals surface area contributed by atoms with Crippen molar-refractivity contribution in [1.29, 1.82) is 0 Å². The van der Waals surface area contributed by atoms with Crippen LogP contribution in [0.4, 0.5) is 0 Å². The zero-order chi connectivity index (χ0) is 16.1. The molecular formula is C22H24Cl2N2. The number of hydrogen-bond acceptors (Lipinski definition) is 2. The van der Waals surface area contributed by atoms with Crippen LogP contribution in [0, 0.1) is 0 Å². The van der Waals surface area contributed by atoms with Gasteiger partial charge in [0.05, 0.1) is 0 Å². The SMILES string of the molecule is C[C@H](c1ccc2ccc3cccc4ccc1c2c34)N1CCNCC1.Cl.Cl. The summed E-state index contributed by atoms with van der Waals surface area (Å²) in [6, 6.07) is 20.9. The molecular weight excluding hydrogens is 363 g/mol. The van der Waals surface area contributed by atoms with E-state index in [1.165, 1.54) is 37.9 Å². The van der Waals surface area contributed by atoms with Crippen molar-refractivity contribution in [2.75, 3.05) is 26.2 Å². The predicted octanol–water partition coefficient (Wildman–Crippen LogP) is 5.39. The van der Waals surface area contributed by atoms with E-state index in [-0.39, 0.29) is 24.8 Å². The van der Waals surface area contributed by atoms with Gasteiger partial charge in [-0.15, -0.1) is 24.8 Å². The molecule has 0 bridgehead atoms.